The average Bonchev–Trinajstić information content (AvgIpc) is 2.67. The van der Waals surface area contributed by atoms with Gasteiger partial charge in [-0.1, -0.05) is 12.1 Å². The van der Waals surface area contributed by atoms with Crippen LogP contribution >= 0.6 is 12.4 Å². The van der Waals surface area contributed by atoms with E-state index in [1.807, 2.05) is 18.2 Å². The minimum atomic E-state index is 0. The van der Waals surface area contributed by atoms with E-state index in [9.17, 15) is 9.59 Å². The van der Waals surface area contributed by atoms with E-state index in [1.54, 1.807) is 7.11 Å². The number of carbonyl (C=O) groups is 2. The van der Waals surface area contributed by atoms with Crippen molar-refractivity contribution < 1.29 is 14.3 Å². The molecule has 0 radical (unpaired) electrons. The third-order valence-electron chi connectivity index (χ3n) is 5.29. The predicted octanol–water partition coefficient (Wildman–Crippen LogP) is 2.56. The largest absolute Gasteiger partial charge is 0.495 e. The van der Waals surface area contributed by atoms with Crippen molar-refractivity contribution in [3.63, 3.8) is 0 Å². The van der Waals surface area contributed by atoms with Crippen molar-refractivity contribution in [3.8, 4) is 5.75 Å². The zero-order chi connectivity index (χ0) is 18.4. The molecule has 0 bridgehead atoms. The van der Waals surface area contributed by atoms with Gasteiger partial charge in [-0.3, -0.25) is 19.4 Å². The number of nitrogens with zero attached hydrogens (tertiary/aromatic N) is 3. The maximum atomic E-state index is 11.8. The Morgan fingerprint density at radius 3 is 2.22 bits per heavy atom. The van der Waals surface area contributed by atoms with E-state index in [1.165, 1.54) is 4.90 Å². The summed E-state index contributed by atoms with van der Waals surface area (Å²) in [7, 11) is 1.72. The number of hydrogen-bond acceptors (Lipinski definition) is 5. The first-order valence-corrected chi connectivity index (χ1v) is 9.62. The fourth-order valence-corrected chi connectivity index (χ4v) is 3.76. The third kappa shape index (κ3) is 5.59. The van der Waals surface area contributed by atoms with Crippen LogP contribution < -0.4 is 9.64 Å². The Bertz CT molecular complexity index is 617. The van der Waals surface area contributed by atoms with Crippen LogP contribution in [0, 0.1) is 0 Å². The molecule has 1 aromatic rings. The van der Waals surface area contributed by atoms with Gasteiger partial charge in [-0.2, -0.15) is 0 Å². The topological polar surface area (TPSA) is 53.1 Å². The van der Waals surface area contributed by atoms with E-state index in [0.29, 0.717) is 25.8 Å². The summed E-state index contributed by atoms with van der Waals surface area (Å²) < 4.78 is 5.46. The summed E-state index contributed by atoms with van der Waals surface area (Å²) in [6.07, 6.45) is 3.67. The fourth-order valence-electron chi connectivity index (χ4n) is 3.76. The lowest BCUT2D eigenvalue weighted by atomic mass is 10.1. The number of ether oxygens (including phenoxy) is 1. The predicted molar refractivity (Wildman–Crippen MR) is 109 cm³/mol. The van der Waals surface area contributed by atoms with Crippen LogP contribution in [0.4, 0.5) is 5.69 Å². The standard InChI is InChI=1S/C20H29N3O3.ClH/c1-26-18-8-3-2-7-17(18)22-15-13-21(14-16-22)11-4-5-12-23-19(24)9-6-10-20(23)25;/h2-3,7-8H,4-6,9-16H2,1H3;1H. The van der Waals surface area contributed by atoms with E-state index in [0.717, 1.165) is 57.0 Å². The van der Waals surface area contributed by atoms with Crippen LogP contribution in [0.1, 0.15) is 32.1 Å². The van der Waals surface area contributed by atoms with Gasteiger partial charge in [-0.25, -0.2) is 0 Å². The average molecular weight is 396 g/mol. The molecule has 2 saturated heterocycles. The van der Waals surface area contributed by atoms with E-state index >= 15 is 0 Å². The molecule has 6 nitrogen and oxygen atoms in total. The number of hydrogen-bond donors (Lipinski definition) is 0. The van der Waals surface area contributed by atoms with Crippen LogP contribution in [0.3, 0.4) is 0 Å². The lowest BCUT2D eigenvalue weighted by molar-refractivity contribution is -0.148. The number of anilines is 1. The maximum absolute atomic E-state index is 11.8. The first-order valence-electron chi connectivity index (χ1n) is 9.62. The number of piperazine rings is 1. The number of para-hydroxylation sites is 2. The molecule has 0 N–H and O–H groups in total. The second kappa shape index (κ2) is 10.5. The highest BCUT2D eigenvalue weighted by Gasteiger charge is 2.25. The van der Waals surface area contributed by atoms with Gasteiger partial charge in [0, 0.05) is 45.6 Å². The minimum absolute atomic E-state index is 0. The Hall–Kier alpha value is -1.79. The Balaban J connectivity index is 0.00000261. The van der Waals surface area contributed by atoms with Crippen LogP contribution in [0.5, 0.6) is 5.75 Å². The van der Waals surface area contributed by atoms with Gasteiger partial charge in [-0.05, 0) is 37.9 Å². The van der Waals surface area contributed by atoms with Gasteiger partial charge < -0.3 is 9.64 Å². The number of benzene rings is 1. The summed E-state index contributed by atoms with van der Waals surface area (Å²) in [5.74, 6) is 0.940. The molecule has 0 aromatic heterocycles. The summed E-state index contributed by atoms with van der Waals surface area (Å²) in [5.41, 5.74) is 1.16. The maximum Gasteiger partial charge on any atom is 0.229 e. The molecule has 1 aromatic carbocycles. The Morgan fingerprint density at radius 2 is 1.56 bits per heavy atom. The lowest BCUT2D eigenvalue weighted by Gasteiger charge is -2.36. The molecule has 0 atom stereocenters. The van der Waals surface area contributed by atoms with Gasteiger partial charge in [0.15, 0.2) is 0 Å². The van der Waals surface area contributed by atoms with Crippen molar-refractivity contribution in [1.29, 1.82) is 0 Å². The number of carbonyl (C=O) groups excluding carboxylic acids is 2. The molecule has 3 rings (SSSR count). The minimum Gasteiger partial charge on any atom is -0.495 e. The highest BCUT2D eigenvalue weighted by Crippen LogP contribution is 2.28. The van der Waals surface area contributed by atoms with Crippen molar-refractivity contribution >= 4 is 29.9 Å². The summed E-state index contributed by atoms with van der Waals surface area (Å²) in [5, 5.41) is 0. The Labute approximate surface area is 167 Å². The van der Waals surface area contributed by atoms with E-state index in [-0.39, 0.29) is 24.2 Å². The van der Waals surface area contributed by atoms with Crippen molar-refractivity contribution in [2.24, 2.45) is 0 Å². The van der Waals surface area contributed by atoms with Gasteiger partial charge in [0.1, 0.15) is 5.75 Å². The molecule has 2 aliphatic heterocycles. The monoisotopic (exact) mass is 395 g/mol. The summed E-state index contributed by atoms with van der Waals surface area (Å²) >= 11 is 0. The van der Waals surface area contributed by atoms with E-state index in [2.05, 4.69) is 15.9 Å². The number of unbranched alkanes of at least 4 members (excludes halogenated alkanes) is 1. The third-order valence-corrected chi connectivity index (χ3v) is 5.29. The van der Waals surface area contributed by atoms with Crippen LogP contribution in [-0.4, -0.2) is 68.0 Å². The number of piperidine rings is 1. The Kier molecular flexibility index (Phi) is 8.38. The summed E-state index contributed by atoms with van der Waals surface area (Å²) in [6, 6.07) is 8.16. The van der Waals surface area contributed by atoms with E-state index < -0.39 is 0 Å². The molecule has 0 spiro atoms. The van der Waals surface area contributed by atoms with Gasteiger partial charge in [0.2, 0.25) is 11.8 Å². The van der Waals surface area contributed by atoms with Crippen molar-refractivity contribution in [3.05, 3.63) is 24.3 Å². The SMILES string of the molecule is COc1ccccc1N1CCN(CCCCN2C(=O)CCCC2=O)CC1.Cl. The second-order valence-electron chi connectivity index (χ2n) is 7.00. The molecule has 2 fully saturated rings. The molecule has 0 aliphatic carbocycles. The lowest BCUT2D eigenvalue weighted by Crippen LogP contribution is -2.47. The van der Waals surface area contributed by atoms with Crippen molar-refractivity contribution in [1.82, 2.24) is 9.80 Å². The molecule has 0 saturated carbocycles. The fraction of sp³-hybridized carbons (Fsp3) is 0.600. The summed E-state index contributed by atoms with van der Waals surface area (Å²) in [4.78, 5) is 29.9. The molecule has 0 unspecified atom stereocenters. The highest BCUT2D eigenvalue weighted by molar-refractivity contribution is 5.97. The molecule has 150 valence electrons. The van der Waals surface area contributed by atoms with Gasteiger partial charge >= 0.3 is 0 Å². The van der Waals surface area contributed by atoms with Crippen molar-refractivity contribution in [2.75, 3.05) is 51.3 Å². The second-order valence-corrected chi connectivity index (χ2v) is 7.00. The van der Waals surface area contributed by atoms with Crippen molar-refractivity contribution in [2.45, 2.75) is 32.1 Å². The molecule has 2 amide bonds. The number of methoxy groups -OCH3 is 1. The summed E-state index contributed by atoms with van der Waals surface area (Å²) in [6.45, 7) is 5.64. The zero-order valence-corrected chi connectivity index (χ0v) is 16.9. The first kappa shape index (κ1) is 21.5. The number of rotatable bonds is 7. The van der Waals surface area contributed by atoms with Crippen LogP contribution in [0.2, 0.25) is 0 Å². The molecule has 2 heterocycles. The van der Waals surface area contributed by atoms with Crippen LogP contribution in [0.25, 0.3) is 0 Å². The van der Waals surface area contributed by atoms with Gasteiger partial charge in [0.05, 0.1) is 12.8 Å². The number of imide groups is 1. The smallest absolute Gasteiger partial charge is 0.229 e. The molecule has 7 heteroatoms. The Morgan fingerprint density at radius 1 is 0.926 bits per heavy atom. The normalized spacial score (nSPS) is 18.4. The molecular formula is C20H30ClN3O3. The molecule has 27 heavy (non-hydrogen) atoms. The van der Waals surface area contributed by atoms with Crippen LogP contribution in [0.15, 0.2) is 24.3 Å². The molecule has 2 aliphatic rings. The van der Waals surface area contributed by atoms with Gasteiger partial charge in [0.25, 0.3) is 0 Å². The number of likely N-dealkylation sites (tertiary alicyclic amines) is 1. The quantitative estimate of drug-likeness (QED) is 0.524. The number of amides is 2. The first-order chi connectivity index (χ1) is 12.7. The van der Waals surface area contributed by atoms with Crippen LogP contribution in [-0.2, 0) is 9.59 Å². The zero-order valence-electron chi connectivity index (χ0n) is 16.1. The highest BCUT2D eigenvalue weighted by atomic mass is 35.5. The molecular weight excluding hydrogens is 366 g/mol. The van der Waals surface area contributed by atoms with E-state index in [4.69, 9.17) is 4.74 Å². The number of halogens is 1. The van der Waals surface area contributed by atoms with Gasteiger partial charge in [-0.15, -0.1) is 12.4 Å².